The summed E-state index contributed by atoms with van der Waals surface area (Å²) < 4.78 is 24.7. The smallest absolute Gasteiger partial charge is 0.175 e. The zero-order valence-corrected chi connectivity index (χ0v) is 10.8. The van der Waals surface area contributed by atoms with Gasteiger partial charge in [0.05, 0.1) is 19.2 Å². The lowest BCUT2D eigenvalue weighted by atomic mass is 10.1. The van der Waals surface area contributed by atoms with Crippen LogP contribution in [-0.2, 0) is 6.54 Å². The van der Waals surface area contributed by atoms with Crippen molar-refractivity contribution in [1.29, 1.82) is 0 Å². The van der Waals surface area contributed by atoms with E-state index in [9.17, 15) is 4.39 Å². The fourth-order valence-corrected chi connectivity index (χ4v) is 2.01. The molecule has 1 aromatic heterocycles. The largest absolute Gasteiger partial charge is 0.494 e. The van der Waals surface area contributed by atoms with E-state index < -0.39 is 0 Å². The molecule has 100 valence electrons. The fraction of sp³-hybridized carbons (Fsp3) is 0.333. The van der Waals surface area contributed by atoms with Crippen LogP contribution in [-0.4, -0.2) is 13.2 Å². The molecular formula is C15H16FNO2. The van der Waals surface area contributed by atoms with Gasteiger partial charge < -0.3 is 14.5 Å². The Morgan fingerprint density at radius 1 is 1.32 bits per heavy atom. The average molecular weight is 261 g/mol. The lowest BCUT2D eigenvalue weighted by molar-refractivity contribution is 0.386. The fourth-order valence-electron chi connectivity index (χ4n) is 2.01. The molecule has 1 aliphatic carbocycles. The maximum atomic E-state index is 14.1. The van der Waals surface area contributed by atoms with Crippen molar-refractivity contribution in [3.8, 4) is 17.1 Å². The molecule has 3 nitrogen and oxygen atoms in total. The van der Waals surface area contributed by atoms with Crippen LogP contribution in [0.5, 0.6) is 5.75 Å². The zero-order chi connectivity index (χ0) is 13.2. The molecular weight excluding hydrogens is 245 g/mol. The summed E-state index contributed by atoms with van der Waals surface area (Å²) in [5, 5.41) is 3.36. The SMILES string of the molecule is COc1cccc(-c2ccc(CNC3CC3)o2)c1F. The number of hydrogen-bond acceptors (Lipinski definition) is 3. The Morgan fingerprint density at radius 2 is 2.16 bits per heavy atom. The summed E-state index contributed by atoms with van der Waals surface area (Å²) in [5.74, 6) is 1.20. The van der Waals surface area contributed by atoms with Crippen molar-refractivity contribution in [2.24, 2.45) is 0 Å². The molecule has 1 saturated carbocycles. The van der Waals surface area contributed by atoms with E-state index in [1.165, 1.54) is 20.0 Å². The third-order valence-electron chi connectivity index (χ3n) is 3.25. The van der Waals surface area contributed by atoms with Crippen molar-refractivity contribution in [3.63, 3.8) is 0 Å². The summed E-state index contributed by atoms with van der Waals surface area (Å²) >= 11 is 0. The van der Waals surface area contributed by atoms with E-state index in [1.807, 2.05) is 6.07 Å². The minimum atomic E-state index is -0.388. The third-order valence-corrected chi connectivity index (χ3v) is 3.25. The van der Waals surface area contributed by atoms with Gasteiger partial charge in [0.15, 0.2) is 11.6 Å². The standard InChI is InChI=1S/C15H16FNO2/c1-18-14-4-2-3-12(15(14)16)13-8-7-11(19-13)9-17-10-5-6-10/h2-4,7-8,10,17H,5-6,9H2,1H3. The van der Waals surface area contributed by atoms with Crippen LogP contribution in [0.3, 0.4) is 0 Å². The molecule has 1 aliphatic rings. The Hall–Kier alpha value is -1.81. The number of ether oxygens (including phenoxy) is 1. The molecule has 0 amide bonds. The second-order valence-corrected chi connectivity index (χ2v) is 4.74. The van der Waals surface area contributed by atoms with Crippen LogP contribution in [0.2, 0.25) is 0 Å². The first-order valence-electron chi connectivity index (χ1n) is 6.43. The van der Waals surface area contributed by atoms with E-state index >= 15 is 0 Å². The molecule has 0 bridgehead atoms. The first-order chi connectivity index (χ1) is 9.28. The monoisotopic (exact) mass is 261 g/mol. The van der Waals surface area contributed by atoms with Crippen LogP contribution in [0.1, 0.15) is 18.6 Å². The minimum absolute atomic E-state index is 0.228. The van der Waals surface area contributed by atoms with E-state index in [0.29, 0.717) is 23.9 Å². The van der Waals surface area contributed by atoms with E-state index in [-0.39, 0.29) is 11.6 Å². The summed E-state index contributed by atoms with van der Waals surface area (Å²) in [6, 6.07) is 9.33. The lowest BCUT2D eigenvalue weighted by Crippen LogP contribution is -2.14. The van der Waals surface area contributed by atoms with Crippen molar-refractivity contribution < 1.29 is 13.5 Å². The van der Waals surface area contributed by atoms with Crippen molar-refractivity contribution in [2.45, 2.75) is 25.4 Å². The van der Waals surface area contributed by atoms with Crippen molar-refractivity contribution >= 4 is 0 Å². The molecule has 0 saturated heterocycles. The first-order valence-corrected chi connectivity index (χ1v) is 6.43. The van der Waals surface area contributed by atoms with Gasteiger partial charge >= 0.3 is 0 Å². The molecule has 1 aromatic carbocycles. The third kappa shape index (κ3) is 2.63. The molecule has 0 aliphatic heterocycles. The van der Waals surface area contributed by atoms with Crippen LogP contribution in [0, 0.1) is 5.82 Å². The molecule has 4 heteroatoms. The van der Waals surface area contributed by atoms with E-state index in [4.69, 9.17) is 9.15 Å². The topological polar surface area (TPSA) is 34.4 Å². The Kier molecular flexibility index (Phi) is 3.25. The molecule has 0 radical (unpaired) electrons. The summed E-state index contributed by atoms with van der Waals surface area (Å²) in [6.07, 6.45) is 2.47. The Balaban J connectivity index is 1.81. The second-order valence-electron chi connectivity index (χ2n) is 4.74. The Morgan fingerprint density at radius 3 is 2.89 bits per heavy atom. The molecule has 2 aromatic rings. The number of methoxy groups -OCH3 is 1. The summed E-state index contributed by atoms with van der Waals surface area (Å²) in [7, 11) is 1.45. The highest BCUT2D eigenvalue weighted by molar-refractivity contribution is 5.61. The van der Waals surface area contributed by atoms with Gasteiger partial charge in [-0.25, -0.2) is 4.39 Å². The van der Waals surface area contributed by atoms with Gasteiger partial charge in [0.1, 0.15) is 11.5 Å². The molecule has 1 N–H and O–H groups in total. The first kappa shape index (κ1) is 12.2. The maximum absolute atomic E-state index is 14.1. The number of furan rings is 1. The van der Waals surface area contributed by atoms with Crippen molar-refractivity contribution in [2.75, 3.05) is 7.11 Å². The van der Waals surface area contributed by atoms with Crippen LogP contribution < -0.4 is 10.1 Å². The summed E-state index contributed by atoms with van der Waals surface area (Å²) in [4.78, 5) is 0. The van der Waals surface area contributed by atoms with Gasteiger partial charge in [0.2, 0.25) is 0 Å². The Bertz CT molecular complexity index is 575. The van der Waals surface area contributed by atoms with E-state index in [1.54, 1.807) is 24.3 Å². The highest BCUT2D eigenvalue weighted by atomic mass is 19.1. The van der Waals surface area contributed by atoms with Gasteiger partial charge in [0.25, 0.3) is 0 Å². The van der Waals surface area contributed by atoms with Crippen LogP contribution in [0.15, 0.2) is 34.7 Å². The molecule has 0 atom stereocenters. The predicted molar refractivity (Wildman–Crippen MR) is 70.5 cm³/mol. The van der Waals surface area contributed by atoms with Gasteiger partial charge in [-0.1, -0.05) is 6.07 Å². The van der Waals surface area contributed by atoms with Crippen LogP contribution in [0.4, 0.5) is 4.39 Å². The Labute approximate surface area is 111 Å². The van der Waals surface area contributed by atoms with Crippen LogP contribution >= 0.6 is 0 Å². The molecule has 0 spiro atoms. The molecule has 3 rings (SSSR count). The van der Waals surface area contributed by atoms with Gasteiger partial charge in [-0.2, -0.15) is 0 Å². The molecule has 1 fully saturated rings. The van der Waals surface area contributed by atoms with Gasteiger partial charge in [-0.15, -0.1) is 0 Å². The number of benzene rings is 1. The summed E-state index contributed by atoms with van der Waals surface area (Å²) in [6.45, 7) is 0.691. The second kappa shape index (κ2) is 5.05. The van der Waals surface area contributed by atoms with Gasteiger partial charge in [-0.05, 0) is 37.1 Å². The highest BCUT2D eigenvalue weighted by Gasteiger charge is 2.21. The summed E-state index contributed by atoms with van der Waals surface area (Å²) in [5.41, 5.74) is 0.428. The zero-order valence-electron chi connectivity index (χ0n) is 10.8. The molecule has 19 heavy (non-hydrogen) atoms. The number of nitrogens with one attached hydrogen (secondary N) is 1. The van der Waals surface area contributed by atoms with E-state index in [2.05, 4.69) is 5.32 Å². The normalized spacial score (nSPS) is 14.6. The van der Waals surface area contributed by atoms with Gasteiger partial charge in [0, 0.05) is 6.04 Å². The highest BCUT2D eigenvalue weighted by Crippen LogP contribution is 2.30. The number of rotatable bonds is 5. The van der Waals surface area contributed by atoms with E-state index in [0.717, 1.165) is 5.76 Å². The molecule has 0 unspecified atom stereocenters. The average Bonchev–Trinajstić information content (AvgIpc) is 3.14. The van der Waals surface area contributed by atoms with Gasteiger partial charge in [-0.3, -0.25) is 0 Å². The van der Waals surface area contributed by atoms with Crippen LogP contribution in [0.25, 0.3) is 11.3 Å². The lowest BCUT2D eigenvalue weighted by Gasteiger charge is -2.05. The number of halogens is 1. The number of hydrogen-bond donors (Lipinski definition) is 1. The van der Waals surface area contributed by atoms with Crippen molar-refractivity contribution in [3.05, 3.63) is 41.9 Å². The minimum Gasteiger partial charge on any atom is -0.494 e. The predicted octanol–water partition coefficient (Wildman–Crippen LogP) is 3.35. The quantitative estimate of drug-likeness (QED) is 0.896. The van der Waals surface area contributed by atoms with Crippen molar-refractivity contribution in [1.82, 2.24) is 5.32 Å². The maximum Gasteiger partial charge on any atom is 0.175 e. The molecule has 1 heterocycles.